The van der Waals surface area contributed by atoms with Crippen LogP contribution in [-0.2, 0) is 11.3 Å². The van der Waals surface area contributed by atoms with Crippen molar-refractivity contribution < 1.29 is 9.47 Å². The molecular formula is C19H19BrClN3O2. The minimum atomic E-state index is -0.224. The van der Waals surface area contributed by atoms with Gasteiger partial charge in [0, 0.05) is 13.1 Å². The van der Waals surface area contributed by atoms with E-state index in [2.05, 4.69) is 31.9 Å². The molecule has 0 N–H and O–H groups in total. The van der Waals surface area contributed by atoms with Gasteiger partial charge in [0.05, 0.1) is 38.4 Å². The Balaban J connectivity index is 1.83. The first-order chi connectivity index (χ1) is 12.6. The molecule has 1 fully saturated rings. The van der Waals surface area contributed by atoms with Crippen molar-refractivity contribution in [2.45, 2.75) is 25.1 Å². The van der Waals surface area contributed by atoms with Crippen LogP contribution >= 0.6 is 27.5 Å². The predicted octanol–water partition coefficient (Wildman–Crippen LogP) is 4.36. The predicted molar refractivity (Wildman–Crippen MR) is 103 cm³/mol. The Morgan fingerprint density at radius 2 is 2.15 bits per heavy atom. The normalized spacial score (nSPS) is 20.5. The zero-order valence-corrected chi connectivity index (χ0v) is 16.7. The van der Waals surface area contributed by atoms with Gasteiger partial charge in [-0.25, -0.2) is 4.98 Å². The van der Waals surface area contributed by atoms with Crippen LogP contribution in [-0.4, -0.2) is 36.2 Å². The lowest BCUT2D eigenvalue weighted by atomic mass is 9.97. The Hall–Kier alpha value is -1.65. The molecule has 0 aliphatic carbocycles. The van der Waals surface area contributed by atoms with Crippen LogP contribution in [0.25, 0.3) is 0 Å². The van der Waals surface area contributed by atoms with Crippen LogP contribution < -0.4 is 4.74 Å². The van der Waals surface area contributed by atoms with Gasteiger partial charge in [0.2, 0.25) is 0 Å². The molecule has 2 atom stereocenters. The molecule has 0 amide bonds. The van der Waals surface area contributed by atoms with Crippen molar-refractivity contribution in [2.24, 2.45) is 0 Å². The first-order valence-corrected chi connectivity index (χ1v) is 9.46. The van der Waals surface area contributed by atoms with Gasteiger partial charge in [-0.15, -0.1) is 0 Å². The summed E-state index contributed by atoms with van der Waals surface area (Å²) in [6.07, 6.45) is 0.150. The molecule has 26 heavy (non-hydrogen) atoms. The largest absolute Gasteiger partial charge is 0.497 e. The standard InChI is InChI=1S/C19H19BrClN3O2/c1-25-15-4-2-13(3-5-15)12-24-8-9-26-19(16(24)6-7-22)14-10-17(20)23-18(21)11-14/h2-5,10-11,16,19H,6,8-9,12H2,1H3. The molecule has 0 radical (unpaired) electrons. The van der Waals surface area contributed by atoms with Crippen molar-refractivity contribution in [3.63, 3.8) is 0 Å². The number of morpholine rings is 1. The van der Waals surface area contributed by atoms with Gasteiger partial charge in [-0.3, -0.25) is 4.90 Å². The van der Waals surface area contributed by atoms with Crippen molar-refractivity contribution in [3.05, 3.63) is 57.3 Å². The molecule has 1 aliphatic heterocycles. The summed E-state index contributed by atoms with van der Waals surface area (Å²) in [5, 5.41) is 9.75. The second-order valence-electron chi connectivity index (χ2n) is 6.09. The summed E-state index contributed by atoms with van der Waals surface area (Å²) in [6, 6.07) is 13.9. The summed E-state index contributed by atoms with van der Waals surface area (Å²) in [5.74, 6) is 0.832. The van der Waals surface area contributed by atoms with Crippen molar-refractivity contribution in [1.29, 1.82) is 5.26 Å². The monoisotopic (exact) mass is 435 g/mol. The minimum absolute atomic E-state index is 0.0544. The van der Waals surface area contributed by atoms with Crippen LogP contribution in [0, 0.1) is 11.3 Å². The number of pyridine rings is 1. The first kappa shape index (κ1) is 19.1. The Labute approximate surface area is 166 Å². The van der Waals surface area contributed by atoms with E-state index in [0.29, 0.717) is 22.8 Å². The molecular weight excluding hydrogens is 418 g/mol. The molecule has 2 heterocycles. The lowest BCUT2D eigenvalue weighted by Gasteiger charge is -2.40. The molecule has 2 aromatic rings. The second kappa shape index (κ2) is 8.83. The highest BCUT2D eigenvalue weighted by atomic mass is 79.9. The highest BCUT2D eigenvalue weighted by molar-refractivity contribution is 9.10. The average Bonchev–Trinajstić information content (AvgIpc) is 2.63. The third kappa shape index (κ3) is 4.54. The number of hydrogen-bond donors (Lipinski definition) is 0. The van der Waals surface area contributed by atoms with Crippen LogP contribution in [0.3, 0.4) is 0 Å². The average molecular weight is 437 g/mol. The molecule has 7 heteroatoms. The maximum atomic E-state index is 9.35. The molecule has 0 bridgehead atoms. The smallest absolute Gasteiger partial charge is 0.130 e. The van der Waals surface area contributed by atoms with Crippen molar-refractivity contribution in [1.82, 2.24) is 9.88 Å². The SMILES string of the molecule is COc1ccc(CN2CCOC(c3cc(Cl)nc(Br)c3)C2CC#N)cc1. The number of halogens is 2. The molecule has 136 valence electrons. The van der Waals surface area contributed by atoms with Crippen LogP contribution in [0.5, 0.6) is 5.75 Å². The zero-order chi connectivity index (χ0) is 18.5. The number of hydrogen-bond acceptors (Lipinski definition) is 5. The van der Waals surface area contributed by atoms with Crippen molar-refractivity contribution >= 4 is 27.5 Å². The van der Waals surface area contributed by atoms with Crippen LogP contribution in [0.4, 0.5) is 0 Å². The Kier molecular flexibility index (Phi) is 6.49. The number of nitrogens with zero attached hydrogens (tertiary/aromatic N) is 3. The van der Waals surface area contributed by atoms with Gasteiger partial charge in [0.1, 0.15) is 15.5 Å². The highest BCUT2D eigenvalue weighted by Crippen LogP contribution is 2.33. The molecule has 3 rings (SSSR count). The van der Waals surface area contributed by atoms with E-state index < -0.39 is 0 Å². The first-order valence-electron chi connectivity index (χ1n) is 8.29. The summed E-state index contributed by atoms with van der Waals surface area (Å²) >= 11 is 9.48. The fraction of sp³-hybridized carbons (Fsp3) is 0.368. The topological polar surface area (TPSA) is 58.4 Å². The molecule has 5 nitrogen and oxygen atoms in total. The quantitative estimate of drug-likeness (QED) is 0.652. The Bertz CT molecular complexity index is 774. The van der Waals surface area contributed by atoms with Crippen LogP contribution in [0.1, 0.15) is 23.7 Å². The molecule has 1 aromatic heterocycles. The van der Waals surface area contributed by atoms with E-state index in [0.717, 1.165) is 24.4 Å². The van der Waals surface area contributed by atoms with Gasteiger partial charge in [0.25, 0.3) is 0 Å². The van der Waals surface area contributed by atoms with Crippen molar-refractivity contribution in [2.75, 3.05) is 20.3 Å². The maximum Gasteiger partial charge on any atom is 0.130 e. The van der Waals surface area contributed by atoms with Gasteiger partial charge in [-0.1, -0.05) is 23.7 Å². The number of ether oxygens (including phenoxy) is 2. The molecule has 1 aromatic carbocycles. The molecule has 2 unspecified atom stereocenters. The molecule has 1 saturated heterocycles. The maximum absolute atomic E-state index is 9.35. The summed E-state index contributed by atoms with van der Waals surface area (Å²) in [5.41, 5.74) is 2.10. The van der Waals surface area contributed by atoms with Gasteiger partial charge in [-0.05, 0) is 51.3 Å². The van der Waals surface area contributed by atoms with Gasteiger partial charge < -0.3 is 9.47 Å². The molecule has 0 saturated carbocycles. The van der Waals surface area contributed by atoms with Crippen LogP contribution in [0.15, 0.2) is 41.0 Å². The number of methoxy groups -OCH3 is 1. The van der Waals surface area contributed by atoms with E-state index in [9.17, 15) is 5.26 Å². The molecule has 1 aliphatic rings. The van der Waals surface area contributed by atoms with Gasteiger partial charge in [-0.2, -0.15) is 5.26 Å². The highest BCUT2D eigenvalue weighted by Gasteiger charge is 2.33. The fourth-order valence-corrected chi connectivity index (χ4v) is 4.00. The number of aromatic nitrogens is 1. The number of nitriles is 1. The van der Waals surface area contributed by atoms with E-state index >= 15 is 0 Å². The second-order valence-corrected chi connectivity index (χ2v) is 7.29. The number of benzene rings is 1. The Morgan fingerprint density at radius 1 is 1.38 bits per heavy atom. The minimum Gasteiger partial charge on any atom is -0.497 e. The zero-order valence-electron chi connectivity index (χ0n) is 14.4. The summed E-state index contributed by atoms with van der Waals surface area (Å²) in [4.78, 5) is 6.43. The Morgan fingerprint density at radius 3 is 2.81 bits per heavy atom. The summed E-state index contributed by atoms with van der Waals surface area (Å²) < 4.78 is 11.9. The fourth-order valence-electron chi connectivity index (χ4n) is 3.22. The third-order valence-corrected chi connectivity index (χ3v) is 5.05. The number of rotatable bonds is 5. The lowest BCUT2D eigenvalue weighted by Crippen LogP contribution is -2.46. The van der Waals surface area contributed by atoms with E-state index in [1.165, 1.54) is 5.56 Å². The summed E-state index contributed by atoms with van der Waals surface area (Å²) in [6.45, 7) is 2.12. The summed E-state index contributed by atoms with van der Waals surface area (Å²) in [7, 11) is 1.66. The van der Waals surface area contributed by atoms with Crippen LogP contribution in [0.2, 0.25) is 5.15 Å². The van der Waals surface area contributed by atoms with Gasteiger partial charge in [0.15, 0.2) is 0 Å². The van der Waals surface area contributed by atoms with E-state index in [1.54, 1.807) is 13.2 Å². The van der Waals surface area contributed by atoms with Crippen molar-refractivity contribution in [3.8, 4) is 11.8 Å². The third-order valence-electron chi connectivity index (χ3n) is 4.45. The molecule has 0 spiro atoms. The van der Waals surface area contributed by atoms with Gasteiger partial charge >= 0.3 is 0 Å². The lowest BCUT2D eigenvalue weighted by molar-refractivity contribution is -0.0751. The van der Waals surface area contributed by atoms with E-state index in [4.69, 9.17) is 21.1 Å². The van der Waals surface area contributed by atoms with E-state index in [1.807, 2.05) is 30.3 Å². The van der Waals surface area contributed by atoms with E-state index in [-0.39, 0.29) is 12.1 Å².